The van der Waals surface area contributed by atoms with E-state index >= 15 is 0 Å². The van der Waals surface area contributed by atoms with Crippen molar-refractivity contribution in [3.63, 3.8) is 0 Å². The zero-order valence-electron chi connectivity index (χ0n) is 12.9. The van der Waals surface area contributed by atoms with Gasteiger partial charge >= 0.3 is 6.09 Å². The Morgan fingerprint density at radius 2 is 2.11 bits per heavy atom. The van der Waals surface area contributed by atoms with E-state index < -0.39 is 5.60 Å². The summed E-state index contributed by atoms with van der Waals surface area (Å²) in [6.45, 7) is 13.4. The van der Waals surface area contributed by atoms with Gasteiger partial charge < -0.3 is 9.47 Å². The van der Waals surface area contributed by atoms with E-state index in [1.165, 1.54) is 0 Å². The van der Waals surface area contributed by atoms with Crippen LogP contribution >= 0.6 is 0 Å². The summed E-state index contributed by atoms with van der Waals surface area (Å²) in [4.78, 5) is 18.4. The minimum absolute atomic E-state index is 0.136. The number of carbonyl (C=O) groups excluding carboxylic acids is 1. The van der Waals surface area contributed by atoms with Crippen LogP contribution < -0.4 is 0 Å². The van der Waals surface area contributed by atoms with E-state index in [0.717, 1.165) is 0 Å². The Morgan fingerprint density at radius 1 is 1.47 bits per heavy atom. The van der Waals surface area contributed by atoms with E-state index in [0.29, 0.717) is 25.6 Å². The predicted octanol–water partition coefficient (Wildman–Crippen LogP) is 2.70. The van der Waals surface area contributed by atoms with Crippen molar-refractivity contribution in [3.05, 3.63) is 0 Å². The van der Waals surface area contributed by atoms with E-state index in [9.17, 15) is 4.79 Å². The van der Waals surface area contributed by atoms with Gasteiger partial charge in [-0.15, -0.1) is 0 Å². The van der Waals surface area contributed by atoms with E-state index in [2.05, 4.69) is 18.8 Å². The molecule has 0 saturated carbocycles. The first-order chi connectivity index (χ1) is 8.76. The maximum atomic E-state index is 12.3. The molecule has 0 aromatic carbocycles. The molecule has 0 aromatic rings. The van der Waals surface area contributed by atoms with Crippen LogP contribution in [0.5, 0.6) is 0 Å². The second kappa shape index (κ2) is 6.26. The molecule has 0 radical (unpaired) electrons. The molecule has 5 heteroatoms. The summed E-state index contributed by atoms with van der Waals surface area (Å²) in [5, 5.41) is 0. The van der Waals surface area contributed by atoms with Gasteiger partial charge in [-0.25, -0.2) is 4.79 Å². The highest BCUT2D eigenvalue weighted by atomic mass is 16.6. The molecule has 0 N–H and O–H groups in total. The van der Waals surface area contributed by atoms with Crippen molar-refractivity contribution in [2.75, 3.05) is 19.7 Å². The Kier molecular flexibility index (Phi) is 5.20. The van der Waals surface area contributed by atoms with Crippen LogP contribution in [0.3, 0.4) is 0 Å². The minimum atomic E-state index is -0.487. The third kappa shape index (κ3) is 4.40. The number of aliphatic imine (C=N–C) groups is 1. The second-order valence-corrected chi connectivity index (χ2v) is 6.02. The molecule has 1 rings (SSSR count). The fourth-order valence-electron chi connectivity index (χ4n) is 2.08. The molecule has 1 aliphatic rings. The van der Waals surface area contributed by atoms with Crippen molar-refractivity contribution < 1.29 is 14.3 Å². The largest absolute Gasteiger partial charge is 0.480 e. The van der Waals surface area contributed by atoms with E-state index in [1.807, 2.05) is 27.7 Å². The van der Waals surface area contributed by atoms with Crippen molar-refractivity contribution in [1.29, 1.82) is 0 Å². The Balaban J connectivity index is 2.87. The van der Waals surface area contributed by atoms with Gasteiger partial charge in [-0.1, -0.05) is 13.8 Å². The van der Waals surface area contributed by atoms with Crippen molar-refractivity contribution in [2.24, 2.45) is 10.9 Å². The van der Waals surface area contributed by atoms with Crippen LogP contribution in [-0.4, -0.2) is 48.2 Å². The zero-order valence-corrected chi connectivity index (χ0v) is 12.9. The molecule has 0 aromatic heterocycles. The van der Waals surface area contributed by atoms with Gasteiger partial charge in [0.25, 0.3) is 0 Å². The maximum Gasteiger partial charge on any atom is 0.411 e. The van der Waals surface area contributed by atoms with Crippen LogP contribution in [0.4, 0.5) is 4.79 Å². The molecule has 5 nitrogen and oxygen atoms in total. The third-order valence-corrected chi connectivity index (χ3v) is 2.75. The summed E-state index contributed by atoms with van der Waals surface area (Å²) in [5.41, 5.74) is -0.487. The average Bonchev–Trinajstić information content (AvgIpc) is 2.26. The molecule has 0 aliphatic carbocycles. The number of nitrogens with zero attached hydrogens (tertiary/aromatic N) is 2. The van der Waals surface area contributed by atoms with Crippen LogP contribution in [0.25, 0.3) is 0 Å². The van der Waals surface area contributed by atoms with Gasteiger partial charge in [0.05, 0.1) is 13.2 Å². The van der Waals surface area contributed by atoms with Crippen LogP contribution in [0.1, 0.15) is 41.5 Å². The van der Waals surface area contributed by atoms with Crippen LogP contribution in [-0.2, 0) is 9.47 Å². The van der Waals surface area contributed by atoms with Gasteiger partial charge in [-0.3, -0.25) is 9.89 Å². The molecule has 110 valence electrons. The second-order valence-electron chi connectivity index (χ2n) is 6.02. The summed E-state index contributed by atoms with van der Waals surface area (Å²) in [6, 6.07) is -0.136. The number of amides is 1. The lowest BCUT2D eigenvalue weighted by Crippen LogP contribution is -2.53. The highest BCUT2D eigenvalue weighted by molar-refractivity contribution is 5.87. The highest BCUT2D eigenvalue weighted by Gasteiger charge is 2.36. The summed E-state index contributed by atoms with van der Waals surface area (Å²) in [5.74, 6) is 0.882. The molecule has 0 fully saturated rings. The average molecular weight is 270 g/mol. The first-order valence-electron chi connectivity index (χ1n) is 6.93. The zero-order chi connectivity index (χ0) is 14.6. The lowest BCUT2D eigenvalue weighted by atomic mass is 10.0. The van der Waals surface area contributed by atoms with Crippen LogP contribution in [0.15, 0.2) is 4.99 Å². The minimum Gasteiger partial charge on any atom is -0.480 e. The molecule has 1 aliphatic heterocycles. The first kappa shape index (κ1) is 15.8. The topological polar surface area (TPSA) is 51.1 Å². The van der Waals surface area contributed by atoms with Gasteiger partial charge in [0.15, 0.2) is 0 Å². The van der Waals surface area contributed by atoms with Crippen molar-refractivity contribution >= 4 is 12.0 Å². The quantitative estimate of drug-likeness (QED) is 0.775. The van der Waals surface area contributed by atoms with Crippen molar-refractivity contribution in [3.8, 4) is 0 Å². The van der Waals surface area contributed by atoms with E-state index in [-0.39, 0.29) is 18.1 Å². The fraction of sp³-hybridized carbons (Fsp3) is 0.857. The Hall–Kier alpha value is -1.26. The molecule has 19 heavy (non-hydrogen) atoms. The number of rotatable bonds is 2. The number of hydrogen-bond acceptors (Lipinski definition) is 4. The normalized spacial score (nSPS) is 20.3. The molecule has 0 saturated heterocycles. The maximum absolute atomic E-state index is 12.3. The first-order valence-corrected chi connectivity index (χ1v) is 6.93. The summed E-state index contributed by atoms with van der Waals surface area (Å²) >= 11 is 0. The monoisotopic (exact) mass is 270 g/mol. The highest BCUT2D eigenvalue weighted by Crippen LogP contribution is 2.20. The number of ether oxygens (including phenoxy) is 2. The Labute approximate surface area is 116 Å². The molecular weight excluding hydrogens is 244 g/mol. The summed E-state index contributed by atoms with van der Waals surface area (Å²) in [6.07, 6.45) is -0.293. The van der Waals surface area contributed by atoms with Gasteiger partial charge in [-0.2, -0.15) is 0 Å². The third-order valence-electron chi connectivity index (χ3n) is 2.75. The SMILES string of the molecule is CCOC1=NCCN(C(=O)OC(C)(C)C)C1C(C)C. The Bertz CT molecular complexity index is 345. The smallest absolute Gasteiger partial charge is 0.411 e. The molecule has 1 amide bonds. The van der Waals surface area contributed by atoms with E-state index in [4.69, 9.17) is 9.47 Å². The van der Waals surface area contributed by atoms with E-state index in [1.54, 1.807) is 4.90 Å². The molecule has 0 bridgehead atoms. The van der Waals surface area contributed by atoms with Crippen molar-refractivity contribution in [2.45, 2.75) is 53.2 Å². The van der Waals surface area contributed by atoms with Crippen molar-refractivity contribution in [1.82, 2.24) is 4.90 Å². The predicted molar refractivity (Wildman–Crippen MR) is 75.5 cm³/mol. The lowest BCUT2D eigenvalue weighted by Gasteiger charge is -2.37. The van der Waals surface area contributed by atoms with Crippen LogP contribution in [0.2, 0.25) is 0 Å². The molecule has 1 unspecified atom stereocenters. The molecule has 0 spiro atoms. The summed E-state index contributed by atoms with van der Waals surface area (Å²) in [7, 11) is 0. The van der Waals surface area contributed by atoms with Crippen LogP contribution in [0, 0.1) is 5.92 Å². The van der Waals surface area contributed by atoms with Gasteiger partial charge in [0, 0.05) is 6.54 Å². The van der Waals surface area contributed by atoms with Gasteiger partial charge in [0.2, 0.25) is 5.90 Å². The lowest BCUT2D eigenvalue weighted by molar-refractivity contribution is 0.0147. The summed E-state index contributed by atoms with van der Waals surface area (Å²) < 4.78 is 11.0. The molecule has 1 heterocycles. The molecule has 1 atom stereocenters. The standard InChI is InChI=1S/C14H26N2O3/c1-7-18-12-11(10(2)3)16(9-8-15-12)13(17)19-14(4,5)6/h10-11H,7-9H2,1-6H3. The number of hydrogen-bond donors (Lipinski definition) is 0. The number of carbonyl (C=O) groups is 1. The fourth-order valence-corrected chi connectivity index (χ4v) is 2.08. The van der Waals surface area contributed by atoms with Gasteiger partial charge in [-0.05, 0) is 33.6 Å². The molecular formula is C14H26N2O3. The van der Waals surface area contributed by atoms with Gasteiger partial charge in [0.1, 0.15) is 11.6 Å². The Morgan fingerprint density at radius 3 is 2.58 bits per heavy atom.